The zero-order valence-corrected chi connectivity index (χ0v) is 9.54. The van der Waals surface area contributed by atoms with Crippen LogP contribution in [0.2, 0.25) is 0 Å². The number of benzene rings is 2. The molecule has 94 valence electrons. The van der Waals surface area contributed by atoms with E-state index in [9.17, 15) is 13.2 Å². The topological polar surface area (TPSA) is 26.0 Å². The summed E-state index contributed by atoms with van der Waals surface area (Å²) in [5.41, 5.74) is 6.46. The van der Waals surface area contributed by atoms with Crippen molar-refractivity contribution in [1.82, 2.24) is 0 Å². The van der Waals surface area contributed by atoms with Crippen LogP contribution in [0.25, 0.3) is 11.1 Å². The largest absolute Gasteiger partial charge is 0.416 e. The third-order valence-electron chi connectivity index (χ3n) is 2.74. The van der Waals surface area contributed by atoms with E-state index in [4.69, 9.17) is 5.73 Å². The van der Waals surface area contributed by atoms with E-state index in [1.807, 2.05) is 30.3 Å². The molecular weight excluding hydrogens is 239 g/mol. The smallest absolute Gasteiger partial charge is 0.326 e. The number of rotatable bonds is 2. The first-order valence-electron chi connectivity index (χ1n) is 5.48. The molecule has 0 unspecified atom stereocenters. The molecule has 0 spiro atoms. The highest BCUT2D eigenvalue weighted by Gasteiger charge is 2.32. The fourth-order valence-corrected chi connectivity index (χ4v) is 1.85. The molecule has 2 aromatic rings. The molecule has 2 aromatic carbocycles. The van der Waals surface area contributed by atoms with Gasteiger partial charge < -0.3 is 5.73 Å². The summed E-state index contributed by atoms with van der Waals surface area (Å²) >= 11 is 0. The summed E-state index contributed by atoms with van der Waals surface area (Å²) in [5.74, 6) is 0. The number of hydrogen-bond acceptors (Lipinski definition) is 1. The van der Waals surface area contributed by atoms with E-state index >= 15 is 0 Å². The van der Waals surface area contributed by atoms with Crippen molar-refractivity contribution in [3.63, 3.8) is 0 Å². The molecule has 4 heteroatoms. The van der Waals surface area contributed by atoms with Crippen LogP contribution in [0.4, 0.5) is 13.2 Å². The Morgan fingerprint density at radius 3 is 2.11 bits per heavy atom. The number of hydrogen-bond donors (Lipinski definition) is 1. The SMILES string of the molecule is NCc1cc(-c2ccccc2)ccc1C(F)(F)F. The molecule has 0 heterocycles. The fraction of sp³-hybridized carbons (Fsp3) is 0.143. The van der Waals surface area contributed by atoms with E-state index in [0.717, 1.165) is 17.2 Å². The van der Waals surface area contributed by atoms with Crippen LogP contribution in [0.5, 0.6) is 0 Å². The van der Waals surface area contributed by atoms with Gasteiger partial charge in [0.1, 0.15) is 0 Å². The summed E-state index contributed by atoms with van der Waals surface area (Å²) < 4.78 is 38.1. The van der Waals surface area contributed by atoms with Crippen LogP contribution in [-0.2, 0) is 12.7 Å². The highest BCUT2D eigenvalue weighted by atomic mass is 19.4. The quantitative estimate of drug-likeness (QED) is 0.862. The molecule has 0 aliphatic heterocycles. The molecule has 0 fully saturated rings. The van der Waals surface area contributed by atoms with Gasteiger partial charge in [-0.2, -0.15) is 13.2 Å². The Morgan fingerprint density at radius 2 is 1.56 bits per heavy atom. The Kier molecular flexibility index (Phi) is 3.39. The van der Waals surface area contributed by atoms with Gasteiger partial charge in [0.2, 0.25) is 0 Å². The third kappa shape index (κ3) is 2.54. The second kappa shape index (κ2) is 4.82. The Balaban J connectivity index is 2.49. The minimum atomic E-state index is -4.36. The lowest BCUT2D eigenvalue weighted by molar-refractivity contribution is -0.138. The van der Waals surface area contributed by atoms with Gasteiger partial charge in [0, 0.05) is 6.54 Å². The highest BCUT2D eigenvalue weighted by Crippen LogP contribution is 2.34. The maximum Gasteiger partial charge on any atom is 0.416 e. The number of nitrogens with two attached hydrogens (primary N) is 1. The summed E-state index contributed by atoms with van der Waals surface area (Å²) in [6.07, 6.45) is -4.36. The lowest BCUT2D eigenvalue weighted by Gasteiger charge is -2.13. The maximum atomic E-state index is 12.7. The summed E-state index contributed by atoms with van der Waals surface area (Å²) in [4.78, 5) is 0. The Labute approximate surface area is 103 Å². The molecule has 0 atom stereocenters. The van der Waals surface area contributed by atoms with Gasteiger partial charge in [0.15, 0.2) is 0 Å². The van der Waals surface area contributed by atoms with Crippen LogP contribution in [0.1, 0.15) is 11.1 Å². The van der Waals surface area contributed by atoms with Gasteiger partial charge >= 0.3 is 6.18 Å². The van der Waals surface area contributed by atoms with Gasteiger partial charge in [0.05, 0.1) is 5.56 Å². The summed E-state index contributed by atoms with van der Waals surface area (Å²) in [6, 6.07) is 13.3. The van der Waals surface area contributed by atoms with Gasteiger partial charge in [-0.1, -0.05) is 36.4 Å². The van der Waals surface area contributed by atoms with E-state index < -0.39 is 11.7 Å². The van der Waals surface area contributed by atoms with Gasteiger partial charge in [-0.25, -0.2) is 0 Å². The van der Waals surface area contributed by atoms with Crippen LogP contribution < -0.4 is 5.73 Å². The van der Waals surface area contributed by atoms with Gasteiger partial charge in [-0.3, -0.25) is 0 Å². The predicted octanol–water partition coefficient (Wildman–Crippen LogP) is 3.83. The molecule has 2 rings (SSSR count). The van der Waals surface area contributed by atoms with Gasteiger partial charge in [-0.15, -0.1) is 0 Å². The van der Waals surface area contributed by atoms with Crippen molar-refractivity contribution >= 4 is 0 Å². The van der Waals surface area contributed by atoms with Crippen LogP contribution in [-0.4, -0.2) is 0 Å². The molecule has 0 saturated carbocycles. The minimum Gasteiger partial charge on any atom is -0.326 e. The summed E-state index contributed by atoms with van der Waals surface area (Å²) in [7, 11) is 0. The fourth-order valence-electron chi connectivity index (χ4n) is 1.85. The van der Waals surface area contributed by atoms with Crippen molar-refractivity contribution in [2.75, 3.05) is 0 Å². The number of alkyl halides is 3. The van der Waals surface area contributed by atoms with E-state index in [0.29, 0.717) is 0 Å². The summed E-state index contributed by atoms with van der Waals surface area (Å²) in [5, 5.41) is 0. The molecule has 0 aromatic heterocycles. The van der Waals surface area contributed by atoms with Crippen LogP contribution >= 0.6 is 0 Å². The first-order chi connectivity index (χ1) is 8.52. The summed E-state index contributed by atoms with van der Waals surface area (Å²) in [6.45, 7) is -0.129. The standard InChI is InChI=1S/C14H12F3N/c15-14(16,17)13-7-6-11(8-12(13)9-18)10-4-2-1-3-5-10/h1-8H,9,18H2. The molecule has 0 saturated heterocycles. The monoisotopic (exact) mass is 251 g/mol. The molecule has 0 radical (unpaired) electrons. The zero-order valence-electron chi connectivity index (χ0n) is 9.54. The predicted molar refractivity (Wildman–Crippen MR) is 64.8 cm³/mol. The first-order valence-corrected chi connectivity index (χ1v) is 5.48. The van der Waals surface area contributed by atoms with Crippen molar-refractivity contribution in [1.29, 1.82) is 0 Å². The molecule has 0 aliphatic rings. The second-order valence-electron chi connectivity index (χ2n) is 3.94. The number of halogens is 3. The maximum absolute atomic E-state index is 12.7. The highest BCUT2D eigenvalue weighted by molar-refractivity contribution is 5.65. The molecule has 0 aliphatic carbocycles. The van der Waals surface area contributed by atoms with E-state index in [-0.39, 0.29) is 12.1 Å². The Morgan fingerprint density at radius 1 is 0.889 bits per heavy atom. The van der Waals surface area contributed by atoms with Crippen molar-refractivity contribution in [3.05, 3.63) is 59.7 Å². The van der Waals surface area contributed by atoms with Crippen molar-refractivity contribution in [2.45, 2.75) is 12.7 Å². The second-order valence-corrected chi connectivity index (χ2v) is 3.94. The van der Waals surface area contributed by atoms with Crippen LogP contribution in [0, 0.1) is 0 Å². The first kappa shape index (κ1) is 12.6. The van der Waals surface area contributed by atoms with E-state index in [1.54, 1.807) is 0 Å². The van der Waals surface area contributed by atoms with Crippen molar-refractivity contribution in [2.24, 2.45) is 5.73 Å². The lowest BCUT2D eigenvalue weighted by atomic mass is 9.99. The zero-order chi connectivity index (χ0) is 13.2. The lowest BCUT2D eigenvalue weighted by Crippen LogP contribution is -2.11. The molecular formula is C14H12F3N. The molecule has 0 bridgehead atoms. The average molecular weight is 251 g/mol. The van der Waals surface area contributed by atoms with E-state index in [1.165, 1.54) is 12.1 Å². The van der Waals surface area contributed by atoms with Gasteiger partial charge in [0.25, 0.3) is 0 Å². The normalized spacial score (nSPS) is 11.6. The Hall–Kier alpha value is -1.81. The molecule has 0 amide bonds. The van der Waals surface area contributed by atoms with Crippen LogP contribution in [0.3, 0.4) is 0 Å². The Bertz CT molecular complexity index is 532. The van der Waals surface area contributed by atoms with Crippen molar-refractivity contribution in [3.8, 4) is 11.1 Å². The van der Waals surface area contributed by atoms with E-state index in [2.05, 4.69) is 0 Å². The molecule has 2 N–H and O–H groups in total. The minimum absolute atomic E-state index is 0.115. The third-order valence-corrected chi connectivity index (χ3v) is 2.74. The van der Waals surface area contributed by atoms with Crippen LogP contribution in [0.15, 0.2) is 48.5 Å². The molecule has 1 nitrogen and oxygen atoms in total. The van der Waals surface area contributed by atoms with Crippen molar-refractivity contribution < 1.29 is 13.2 Å². The van der Waals surface area contributed by atoms with Gasteiger partial charge in [-0.05, 0) is 28.8 Å². The average Bonchev–Trinajstić information content (AvgIpc) is 2.38. The molecule has 18 heavy (non-hydrogen) atoms.